The van der Waals surface area contributed by atoms with Crippen molar-refractivity contribution < 1.29 is 0 Å². The van der Waals surface area contributed by atoms with E-state index >= 15 is 0 Å². The zero-order valence-corrected chi connectivity index (χ0v) is 20.1. The van der Waals surface area contributed by atoms with E-state index in [1.54, 1.807) is 0 Å². The van der Waals surface area contributed by atoms with Crippen molar-refractivity contribution in [3.8, 4) is 33.4 Å². The standard InChI is InChI=1S/C34H19NS/c1-2-7-22-21(6-1)24-9-5-10-25-33(24)27(22)18-32-34(25)28-17-20(13-15-31(28)36-32)19-12-14-30-26(16-19)23-8-3-4-11-29(23)35-30/h1-18,35H. The molecule has 9 rings (SSSR count). The molecule has 0 amide bonds. The van der Waals surface area contributed by atoms with E-state index in [0.717, 1.165) is 0 Å². The van der Waals surface area contributed by atoms with Gasteiger partial charge in [0.05, 0.1) is 0 Å². The highest BCUT2D eigenvalue weighted by atomic mass is 32.1. The van der Waals surface area contributed by atoms with Crippen LogP contribution in [0.15, 0.2) is 109 Å². The van der Waals surface area contributed by atoms with Gasteiger partial charge < -0.3 is 4.98 Å². The molecule has 1 nitrogen and oxygen atoms in total. The molecule has 6 aromatic carbocycles. The average Bonchev–Trinajstić information content (AvgIpc) is 3.59. The Morgan fingerprint density at radius 3 is 2.03 bits per heavy atom. The molecule has 0 unspecified atom stereocenters. The first kappa shape index (κ1) is 18.9. The van der Waals surface area contributed by atoms with E-state index in [1.165, 1.54) is 86.1 Å². The monoisotopic (exact) mass is 473 g/mol. The number of aromatic nitrogens is 1. The first-order chi connectivity index (χ1) is 17.8. The van der Waals surface area contributed by atoms with Crippen LogP contribution < -0.4 is 0 Å². The largest absolute Gasteiger partial charge is 0.355 e. The summed E-state index contributed by atoms with van der Waals surface area (Å²) < 4.78 is 2.71. The van der Waals surface area contributed by atoms with Gasteiger partial charge in [-0.25, -0.2) is 0 Å². The number of nitrogens with one attached hydrogen (secondary N) is 1. The molecule has 0 aliphatic heterocycles. The van der Waals surface area contributed by atoms with Crippen molar-refractivity contribution >= 4 is 64.1 Å². The second-order valence-electron chi connectivity index (χ2n) is 9.81. The van der Waals surface area contributed by atoms with Crippen LogP contribution in [0.1, 0.15) is 0 Å². The number of rotatable bonds is 1. The van der Waals surface area contributed by atoms with Crippen LogP contribution in [0.3, 0.4) is 0 Å². The molecule has 2 heterocycles. The van der Waals surface area contributed by atoms with Crippen LogP contribution in [-0.4, -0.2) is 4.98 Å². The number of thiophene rings is 1. The SMILES string of the molecule is c1ccc2c(c1)-c1cccc3c1c-2cc1sc2ccc(-c4ccc5[nH]c6ccccc6c5c4)cc2c13. The fraction of sp³-hybridized carbons (Fsp3) is 0. The molecule has 1 aliphatic rings. The second kappa shape index (κ2) is 6.63. The smallest absolute Gasteiger partial charge is 0.0465 e. The molecule has 2 heteroatoms. The summed E-state index contributed by atoms with van der Waals surface area (Å²) in [7, 11) is 0. The fourth-order valence-electron chi connectivity index (χ4n) is 6.35. The number of fused-ring (bicyclic) bond motifs is 10. The minimum absolute atomic E-state index is 1.19. The van der Waals surface area contributed by atoms with Gasteiger partial charge in [-0.05, 0) is 80.6 Å². The Labute approximate surface area is 211 Å². The van der Waals surface area contributed by atoms with E-state index in [0.29, 0.717) is 0 Å². The predicted octanol–water partition coefficient (Wildman–Crippen LogP) is 10.2. The molecule has 1 N–H and O–H groups in total. The van der Waals surface area contributed by atoms with E-state index in [4.69, 9.17) is 0 Å². The highest BCUT2D eigenvalue weighted by Crippen LogP contribution is 2.51. The Morgan fingerprint density at radius 2 is 1.11 bits per heavy atom. The third-order valence-electron chi connectivity index (χ3n) is 7.94. The van der Waals surface area contributed by atoms with E-state index in [2.05, 4.69) is 114 Å². The molecule has 0 saturated heterocycles. The van der Waals surface area contributed by atoms with Crippen molar-refractivity contribution in [2.75, 3.05) is 0 Å². The number of hydrogen-bond donors (Lipinski definition) is 1. The lowest BCUT2D eigenvalue weighted by Gasteiger charge is -2.06. The Balaban J connectivity index is 1.33. The molecular formula is C34H19NS. The normalized spacial score (nSPS) is 12.4. The summed E-state index contributed by atoms with van der Waals surface area (Å²) in [4.78, 5) is 3.55. The molecule has 2 aromatic heterocycles. The van der Waals surface area contributed by atoms with Gasteiger partial charge in [-0.15, -0.1) is 11.3 Å². The van der Waals surface area contributed by atoms with Gasteiger partial charge in [-0.2, -0.15) is 0 Å². The van der Waals surface area contributed by atoms with Crippen LogP contribution in [0.5, 0.6) is 0 Å². The van der Waals surface area contributed by atoms with E-state index in [9.17, 15) is 0 Å². The molecular weight excluding hydrogens is 454 g/mol. The van der Waals surface area contributed by atoms with Crippen molar-refractivity contribution in [1.29, 1.82) is 0 Å². The summed E-state index contributed by atoms with van der Waals surface area (Å²) in [5, 5.41) is 8.06. The van der Waals surface area contributed by atoms with Crippen molar-refractivity contribution in [3.63, 3.8) is 0 Å². The average molecular weight is 474 g/mol. The maximum atomic E-state index is 3.55. The number of aromatic amines is 1. The zero-order valence-electron chi connectivity index (χ0n) is 19.3. The van der Waals surface area contributed by atoms with Crippen LogP contribution >= 0.6 is 11.3 Å². The van der Waals surface area contributed by atoms with Gasteiger partial charge in [0.1, 0.15) is 0 Å². The van der Waals surface area contributed by atoms with Gasteiger partial charge in [0.15, 0.2) is 0 Å². The third kappa shape index (κ3) is 2.35. The minimum atomic E-state index is 1.19. The molecule has 36 heavy (non-hydrogen) atoms. The van der Waals surface area contributed by atoms with Gasteiger partial charge in [-0.3, -0.25) is 0 Å². The molecule has 8 aromatic rings. The Morgan fingerprint density at radius 1 is 0.417 bits per heavy atom. The molecule has 0 bridgehead atoms. The quantitative estimate of drug-likeness (QED) is 0.244. The molecule has 1 aliphatic carbocycles. The number of H-pyrrole nitrogens is 1. The fourth-order valence-corrected chi connectivity index (χ4v) is 7.49. The Hall–Kier alpha value is -4.40. The number of benzene rings is 6. The Bertz CT molecular complexity index is 2210. The lowest BCUT2D eigenvalue weighted by Crippen LogP contribution is -1.80. The predicted molar refractivity (Wildman–Crippen MR) is 156 cm³/mol. The van der Waals surface area contributed by atoms with Gasteiger partial charge in [0.25, 0.3) is 0 Å². The molecule has 0 saturated carbocycles. The summed E-state index contributed by atoms with van der Waals surface area (Å²) in [6.07, 6.45) is 0. The minimum Gasteiger partial charge on any atom is -0.355 e. The van der Waals surface area contributed by atoms with Gasteiger partial charge in [0.2, 0.25) is 0 Å². The lowest BCUT2D eigenvalue weighted by molar-refractivity contribution is 1.54. The summed E-state index contributed by atoms with van der Waals surface area (Å²) in [6.45, 7) is 0. The third-order valence-corrected chi connectivity index (χ3v) is 9.06. The van der Waals surface area contributed by atoms with Gasteiger partial charge in [0, 0.05) is 42.0 Å². The van der Waals surface area contributed by atoms with E-state index in [-0.39, 0.29) is 0 Å². The summed E-state index contributed by atoms with van der Waals surface area (Å²) in [5.74, 6) is 0. The number of para-hydroxylation sites is 1. The van der Waals surface area contributed by atoms with Crippen LogP contribution in [0, 0.1) is 0 Å². The van der Waals surface area contributed by atoms with Crippen molar-refractivity contribution in [1.82, 2.24) is 4.98 Å². The molecule has 166 valence electrons. The van der Waals surface area contributed by atoms with Gasteiger partial charge >= 0.3 is 0 Å². The maximum Gasteiger partial charge on any atom is 0.0465 e. The molecule has 0 radical (unpaired) electrons. The van der Waals surface area contributed by atoms with Crippen molar-refractivity contribution in [2.24, 2.45) is 0 Å². The van der Waals surface area contributed by atoms with Crippen LogP contribution in [0.4, 0.5) is 0 Å². The number of hydrogen-bond acceptors (Lipinski definition) is 1. The highest BCUT2D eigenvalue weighted by molar-refractivity contribution is 7.26. The summed E-state index contributed by atoms with van der Waals surface area (Å²) in [5.41, 5.74) is 10.3. The van der Waals surface area contributed by atoms with Crippen LogP contribution in [0.2, 0.25) is 0 Å². The topological polar surface area (TPSA) is 15.8 Å². The van der Waals surface area contributed by atoms with Gasteiger partial charge in [-0.1, -0.05) is 72.8 Å². The lowest BCUT2D eigenvalue weighted by atomic mass is 9.96. The second-order valence-corrected chi connectivity index (χ2v) is 10.9. The van der Waals surface area contributed by atoms with Crippen LogP contribution in [0.25, 0.3) is 86.1 Å². The van der Waals surface area contributed by atoms with E-state index in [1.807, 2.05) is 11.3 Å². The zero-order chi connectivity index (χ0) is 23.4. The van der Waals surface area contributed by atoms with Crippen molar-refractivity contribution in [3.05, 3.63) is 109 Å². The van der Waals surface area contributed by atoms with Crippen molar-refractivity contribution in [2.45, 2.75) is 0 Å². The summed E-state index contributed by atoms with van der Waals surface area (Å²) in [6, 6.07) is 40.4. The molecule has 0 fully saturated rings. The first-order valence-electron chi connectivity index (χ1n) is 12.4. The Kier molecular flexibility index (Phi) is 3.47. The molecule has 0 spiro atoms. The maximum absolute atomic E-state index is 3.55. The first-order valence-corrected chi connectivity index (χ1v) is 13.2. The highest BCUT2D eigenvalue weighted by Gasteiger charge is 2.23. The molecule has 0 atom stereocenters. The van der Waals surface area contributed by atoms with Crippen LogP contribution in [-0.2, 0) is 0 Å². The summed E-state index contributed by atoms with van der Waals surface area (Å²) >= 11 is 1.91. The van der Waals surface area contributed by atoms with E-state index < -0.39 is 0 Å².